The molecule has 1 atom stereocenters. The molecule has 0 bridgehead atoms. The van der Waals surface area contributed by atoms with Crippen molar-refractivity contribution in [3.05, 3.63) is 32.2 Å². The normalized spacial score (nSPS) is 12.8. The molecule has 1 unspecified atom stereocenters. The number of amides is 1. The van der Waals surface area contributed by atoms with Crippen LogP contribution in [0.5, 0.6) is 0 Å². The van der Waals surface area contributed by atoms with Crippen LogP contribution >= 0.6 is 36.2 Å². The molecule has 0 aliphatic rings. The van der Waals surface area contributed by atoms with Crippen molar-refractivity contribution in [2.75, 3.05) is 6.54 Å². The van der Waals surface area contributed by atoms with Crippen molar-refractivity contribution in [3.63, 3.8) is 0 Å². The third-order valence-electron chi connectivity index (χ3n) is 5.04. The number of carbonyl (C=O) groups excluding carboxylic acids is 1. The first kappa shape index (κ1) is 26.5. The third kappa shape index (κ3) is 4.92. The number of hydrogen-bond donors (Lipinski definition) is 2. The van der Waals surface area contributed by atoms with Gasteiger partial charge < -0.3 is 11.1 Å². The second-order valence-electron chi connectivity index (χ2n) is 7.18. The summed E-state index contributed by atoms with van der Waals surface area (Å²) in [5.41, 5.74) is 7.77. The van der Waals surface area contributed by atoms with Crippen LogP contribution < -0.4 is 16.6 Å². The van der Waals surface area contributed by atoms with Crippen molar-refractivity contribution in [1.29, 1.82) is 0 Å². The van der Waals surface area contributed by atoms with Gasteiger partial charge in [-0.1, -0.05) is 13.8 Å². The Morgan fingerprint density at radius 3 is 2.32 bits per heavy atom. The Morgan fingerprint density at radius 1 is 1.25 bits per heavy atom. The van der Waals surface area contributed by atoms with Crippen LogP contribution in [0.25, 0.3) is 10.6 Å². The van der Waals surface area contributed by atoms with Crippen LogP contribution in [-0.2, 0) is 7.05 Å². The Bertz CT molecular complexity index is 910. The molecule has 0 spiro atoms. The lowest BCUT2D eigenvalue weighted by atomic mass is 9.88. The van der Waals surface area contributed by atoms with Gasteiger partial charge >= 0.3 is 0 Å². The van der Waals surface area contributed by atoms with Crippen LogP contribution in [0.2, 0.25) is 0 Å². The van der Waals surface area contributed by atoms with E-state index in [0.717, 1.165) is 11.3 Å². The predicted molar refractivity (Wildman–Crippen MR) is 119 cm³/mol. The number of nitrogens with zero attached hydrogens (tertiary/aromatic N) is 3. The van der Waals surface area contributed by atoms with E-state index in [1.165, 1.54) is 16.0 Å². The molecule has 0 radical (unpaired) electrons. The molecular weight excluding hydrogens is 421 g/mol. The highest BCUT2D eigenvalue weighted by Gasteiger charge is 2.30. The summed E-state index contributed by atoms with van der Waals surface area (Å²) < 4.78 is 1.30. The van der Waals surface area contributed by atoms with Crippen LogP contribution in [0, 0.1) is 26.7 Å². The quantitative estimate of drug-likeness (QED) is 0.729. The fourth-order valence-electron chi connectivity index (χ4n) is 2.56. The summed E-state index contributed by atoms with van der Waals surface area (Å²) in [7, 11) is 1.61. The first-order chi connectivity index (χ1) is 12.0. The van der Waals surface area contributed by atoms with Crippen LogP contribution in [0.1, 0.15) is 47.4 Å². The second-order valence-corrected chi connectivity index (χ2v) is 8.18. The minimum absolute atomic E-state index is 0. The van der Waals surface area contributed by atoms with Gasteiger partial charge in [0.05, 0.1) is 22.5 Å². The van der Waals surface area contributed by atoms with E-state index in [2.05, 4.69) is 15.4 Å². The zero-order valence-corrected chi connectivity index (χ0v) is 19.7. The summed E-state index contributed by atoms with van der Waals surface area (Å²) in [6, 6.07) is 0. The molecule has 2 rings (SSSR count). The standard InChI is InChI=1S/C18H27N5O2S.2ClH/c1-9(2)18(6,8-19)21-15(24)14-12(5)20-16(26-14)13-10(3)11(4)22-23(7)17(13)25;;/h9H,8,19H2,1-7H3,(H,21,24);2*1H. The van der Waals surface area contributed by atoms with Crippen LogP contribution in [0.15, 0.2) is 4.79 Å². The lowest BCUT2D eigenvalue weighted by molar-refractivity contribution is 0.0886. The summed E-state index contributed by atoms with van der Waals surface area (Å²) in [5, 5.41) is 7.75. The van der Waals surface area contributed by atoms with Gasteiger partial charge in [-0.25, -0.2) is 9.67 Å². The number of rotatable bonds is 5. The smallest absolute Gasteiger partial charge is 0.277 e. The van der Waals surface area contributed by atoms with Crippen LogP contribution in [0.4, 0.5) is 0 Å². The molecule has 0 fully saturated rings. The average molecular weight is 450 g/mol. The van der Waals surface area contributed by atoms with E-state index in [-0.39, 0.29) is 42.2 Å². The summed E-state index contributed by atoms with van der Waals surface area (Å²) in [4.78, 5) is 30.3. The molecule has 0 aliphatic carbocycles. The summed E-state index contributed by atoms with van der Waals surface area (Å²) in [6.07, 6.45) is 0. The molecule has 0 saturated heterocycles. The second kappa shape index (κ2) is 9.82. The van der Waals surface area contributed by atoms with Gasteiger partial charge in [-0.05, 0) is 39.2 Å². The Kier molecular flexibility index (Phi) is 9.30. The number of carbonyl (C=O) groups is 1. The van der Waals surface area contributed by atoms with Gasteiger partial charge in [0, 0.05) is 13.6 Å². The van der Waals surface area contributed by atoms with Crippen molar-refractivity contribution in [2.45, 2.75) is 47.1 Å². The third-order valence-corrected chi connectivity index (χ3v) is 6.21. The summed E-state index contributed by atoms with van der Waals surface area (Å²) in [5.74, 6) is -0.0327. The first-order valence-corrected chi connectivity index (χ1v) is 9.38. The molecule has 10 heteroatoms. The monoisotopic (exact) mass is 449 g/mol. The number of hydrogen-bond acceptors (Lipinski definition) is 6. The van der Waals surface area contributed by atoms with Crippen molar-refractivity contribution in [1.82, 2.24) is 20.1 Å². The Morgan fingerprint density at radius 2 is 1.82 bits per heavy atom. The minimum atomic E-state index is -0.507. The van der Waals surface area contributed by atoms with Gasteiger partial charge in [-0.3, -0.25) is 9.59 Å². The SMILES string of the molecule is Cc1nc(-c2c(C)c(C)nn(C)c2=O)sc1C(=O)NC(C)(CN)C(C)C.Cl.Cl. The zero-order chi connectivity index (χ0) is 19.8. The fraction of sp³-hybridized carbons (Fsp3) is 0.556. The van der Waals surface area contributed by atoms with E-state index in [4.69, 9.17) is 5.73 Å². The van der Waals surface area contributed by atoms with Crippen molar-refractivity contribution >= 4 is 42.1 Å². The number of halogens is 2. The number of aromatic nitrogens is 3. The highest BCUT2D eigenvalue weighted by atomic mass is 35.5. The molecule has 28 heavy (non-hydrogen) atoms. The summed E-state index contributed by atoms with van der Waals surface area (Å²) >= 11 is 1.22. The number of nitrogens with two attached hydrogens (primary N) is 1. The largest absolute Gasteiger partial charge is 0.345 e. The Balaban J connectivity index is 0.00000364. The minimum Gasteiger partial charge on any atom is -0.345 e. The lowest BCUT2D eigenvalue weighted by Crippen LogP contribution is -2.54. The van der Waals surface area contributed by atoms with Gasteiger partial charge in [0.1, 0.15) is 9.88 Å². The van der Waals surface area contributed by atoms with Crippen molar-refractivity contribution in [3.8, 4) is 10.6 Å². The van der Waals surface area contributed by atoms with E-state index in [9.17, 15) is 9.59 Å². The van der Waals surface area contributed by atoms with E-state index < -0.39 is 5.54 Å². The van der Waals surface area contributed by atoms with Gasteiger partial charge in [-0.2, -0.15) is 5.10 Å². The van der Waals surface area contributed by atoms with Gasteiger partial charge in [-0.15, -0.1) is 36.2 Å². The highest BCUT2D eigenvalue weighted by molar-refractivity contribution is 7.17. The molecular formula is C18H29Cl2N5O2S. The summed E-state index contributed by atoms with van der Waals surface area (Å²) in [6.45, 7) is 11.8. The molecule has 2 heterocycles. The van der Waals surface area contributed by atoms with E-state index >= 15 is 0 Å². The molecule has 0 aromatic carbocycles. The maximum atomic E-state index is 12.8. The molecule has 3 N–H and O–H groups in total. The highest BCUT2D eigenvalue weighted by Crippen LogP contribution is 2.29. The lowest BCUT2D eigenvalue weighted by Gasteiger charge is -2.33. The topological polar surface area (TPSA) is 103 Å². The van der Waals surface area contributed by atoms with Gasteiger partial charge in [0.15, 0.2) is 0 Å². The zero-order valence-electron chi connectivity index (χ0n) is 17.2. The van der Waals surface area contributed by atoms with Gasteiger partial charge in [0.25, 0.3) is 11.5 Å². The van der Waals surface area contributed by atoms with E-state index in [0.29, 0.717) is 27.7 Å². The van der Waals surface area contributed by atoms with Crippen molar-refractivity contribution in [2.24, 2.45) is 18.7 Å². The Hall–Kier alpha value is -1.48. The van der Waals surface area contributed by atoms with Crippen LogP contribution in [0.3, 0.4) is 0 Å². The van der Waals surface area contributed by atoms with Crippen LogP contribution in [-0.4, -0.2) is 32.8 Å². The first-order valence-electron chi connectivity index (χ1n) is 8.56. The molecule has 0 aliphatic heterocycles. The van der Waals surface area contributed by atoms with E-state index in [1.54, 1.807) is 14.0 Å². The molecule has 1 amide bonds. The van der Waals surface area contributed by atoms with Gasteiger partial charge in [0.2, 0.25) is 0 Å². The number of nitrogens with one attached hydrogen (secondary N) is 1. The maximum Gasteiger partial charge on any atom is 0.277 e. The molecule has 7 nitrogen and oxygen atoms in total. The predicted octanol–water partition coefficient (Wildman–Crippen LogP) is 2.78. The van der Waals surface area contributed by atoms with Crippen molar-refractivity contribution < 1.29 is 4.79 Å². The number of aryl methyl sites for hydroxylation is 3. The number of thiazole rings is 1. The molecule has 2 aromatic heterocycles. The Labute approximate surface area is 181 Å². The average Bonchev–Trinajstić information content (AvgIpc) is 2.94. The molecule has 2 aromatic rings. The molecule has 0 saturated carbocycles. The maximum absolute atomic E-state index is 12.8. The molecule has 158 valence electrons. The fourth-order valence-corrected chi connectivity index (χ4v) is 3.62. The van der Waals surface area contributed by atoms with E-state index in [1.807, 2.05) is 34.6 Å².